The number of hydrazone groups is 1. The van der Waals surface area contributed by atoms with Crippen LogP contribution in [0, 0.1) is 0 Å². The van der Waals surface area contributed by atoms with Crippen LogP contribution >= 0.6 is 11.8 Å². The average molecular weight is 460 g/mol. The average Bonchev–Trinajstić information content (AvgIpc) is 3.04. The molecule has 170 valence electrons. The van der Waals surface area contributed by atoms with E-state index in [1.807, 2.05) is 36.2 Å². The molecule has 3 aromatic carbocycles. The maximum atomic E-state index is 5.41. The van der Waals surface area contributed by atoms with Gasteiger partial charge in [-0.25, -0.2) is 0 Å². The second-order valence-corrected chi connectivity index (χ2v) is 9.40. The summed E-state index contributed by atoms with van der Waals surface area (Å²) in [5.41, 5.74) is 3.89. The smallest absolute Gasteiger partial charge is 0.161 e. The molecule has 33 heavy (non-hydrogen) atoms. The van der Waals surface area contributed by atoms with Gasteiger partial charge in [-0.15, -0.1) is 0 Å². The predicted octanol–water partition coefficient (Wildman–Crippen LogP) is 5.10. The predicted molar refractivity (Wildman–Crippen MR) is 134 cm³/mol. The molecule has 6 heteroatoms. The monoisotopic (exact) mass is 459 g/mol. The summed E-state index contributed by atoms with van der Waals surface area (Å²) in [7, 11) is 3.30. The lowest BCUT2D eigenvalue weighted by molar-refractivity contribution is 0.0970. The number of piperazine rings is 1. The Kier molecular flexibility index (Phi) is 6.55. The van der Waals surface area contributed by atoms with Gasteiger partial charge in [-0.1, -0.05) is 48.2 Å². The van der Waals surface area contributed by atoms with E-state index in [2.05, 4.69) is 58.4 Å². The highest BCUT2D eigenvalue weighted by Gasteiger charge is 2.29. The fourth-order valence-corrected chi connectivity index (χ4v) is 5.74. The molecule has 0 spiro atoms. The second kappa shape index (κ2) is 9.89. The Morgan fingerprint density at radius 1 is 0.848 bits per heavy atom. The molecule has 0 unspecified atom stereocenters. The molecular weight excluding hydrogens is 430 g/mol. The highest BCUT2D eigenvalue weighted by Crippen LogP contribution is 2.42. The van der Waals surface area contributed by atoms with E-state index < -0.39 is 0 Å². The van der Waals surface area contributed by atoms with E-state index in [9.17, 15) is 0 Å². The minimum absolute atomic E-state index is 0.398. The Bertz CT molecular complexity index is 1140. The molecule has 3 aromatic rings. The minimum atomic E-state index is 0.398. The molecule has 0 amide bonds. The van der Waals surface area contributed by atoms with Crippen LogP contribution in [0.5, 0.6) is 11.5 Å². The Labute approximate surface area is 200 Å². The number of nitrogens with zero attached hydrogens (tertiary/aromatic N) is 3. The van der Waals surface area contributed by atoms with Gasteiger partial charge in [-0.3, -0.25) is 9.91 Å². The molecule has 0 radical (unpaired) electrons. The second-order valence-electron chi connectivity index (χ2n) is 8.32. The number of rotatable bonds is 5. The van der Waals surface area contributed by atoms with Gasteiger partial charge in [0.2, 0.25) is 0 Å². The first-order chi connectivity index (χ1) is 16.2. The van der Waals surface area contributed by atoms with Crippen molar-refractivity contribution >= 4 is 18.0 Å². The van der Waals surface area contributed by atoms with Crippen LogP contribution in [0.25, 0.3) is 0 Å². The zero-order valence-electron chi connectivity index (χ0n) is 19.1. The van der Waals surface area contributed by atoms with Crippen molar-refractivity contribution in [3.05, 3.63) is 83.4 Å². The van der Waals surface area contributed by atoms with E-state index in [-0.39, 0.29) is 0 Å². The van der Waals surface area contributed by atoms with Crippen molar-refractivity contribution in [3.8, 4) is 11.5 Å². The van der Waals surface area contributed by atoms with E-state index in [1.54, 1.807) is 14.2 Å². The van der Waals surface area contributed by atoms with Crippen molar-refractivity contribution in [2.45, 2.75) is 22.3 Å². The largest absolute Gasteiger partial charge is 0.493 e. The normalized spacial score (nSPS) is 18.5. The van der Waals surface area contributed by atoms with Gasteiger partial charge < -0.3 is 9.47 Å². The first-order valence-electron chi connectivity index (χ1n) is 11.3. The fraction of sp³-hybridized carbons (Fsp3) is 0.296. The molecule has 0 aromatic heterocycles. The number of hydrogen-bond acceptors (Lipinski definition) is 6. The van der Waals surface area contributed by atoms with E-state index in [1.165, 1.54) is 20.9 Å². The first kappa shape index (κ1) is 21.9. The molecule has 1 saturated heterocycles. The van der Waals surface area contributed by atoms with Gasteiger partial charge in [0.25, 0.3) is 0 Å². The maximum Gasteiger partial charge on any atom is 0.161 e. The van der Waals surface area contributed by atoms with Gasteiger partial charge in [0, 0.05) is 42.0 Å². The highest BCUT2D eigenvalue weighted by molar-refractivity contribution is 7.99. The highest BCUT2D eigenvalue weighted by atomic mass is 32.2. The lowest BCUT2D eigenvalue weighted by Crippen LogP contribution is -2.46. The molecule has 1 atom stereocenters. The van der Waals surface area contributed by atoms with E-state index in [4.69, 9.17) is 14.6 Å². The molecule has 2 aliphatic heterocycles. The quantitative estimate of drug-likeness (QED) is 0.496. The number of ether oxygens (including phenoxy) is 2. The van der Waals surface area contributed by atoms with Crippen molar-refractivity contribution in [3.63, 3.8) is 0 Å². The number of hydrogen-bond donors (Lipinski definition) is 0. The summed E-state index contributed by atoms with van der Waals surface area (Å²) in [6.07, 6.45) is 2.96. The summed E-state index contributed by atoms with van der Waals surface area (Å²) in [6, 6.07) is 24.0. The Morgan fingerprint density at radius 2 is 1.58 bits per heavy atom. The topological polar surface area (TPSA) is 37.3 Å². The van der Waals surface area contributed by atoms with Crippen LogP contribution in [0.4, 0.5) is 0 Å². The van der Waals surface area contributed by atoms with Crippen molar-refractivity contribution in [1.82, 2.24) is 9.91 Å². The molecular formula is C27H29N3O2S. The maximum absolute atomic E-state index is 5.41. The van der Waals surface area contributed by atoms with Crippen molar-refractivity contribution in [1.29, 1.82) is 0 Å². The van der Waals surface area contributed by atoms with Crippen LogP contribution in [0.1, 0.15) is 22.7 Å². The summed E-state index contributed by atoms with van der Waals surface area (Å²) in [5.74, 6) is 1.45. The molecule has 0 aliphatic carbocycles. The van der Waals surface area contributed by atoms with Gasteiger partial charge in [0.05, 0.1) is 20.4 Å². The third-order valence-corrected chi connectivity index (χ3v) is 7.60. The fourth-order valence-electron chi connectivity index (χ4n) is 4.60. The summed E-state index contributed by atoms with van der Waals surface area (Å²) >= 11 is 1.90. The van der Waals surface area contributed by atoms with Crippen molar-refractivity contribution in [2.75, 3.05) is 40.4 Å². The molecule has 0 N–H and O–H groups in total. The lowest BCUT2D eigenvalue weighted by Gasteiger charge is -2.38. The molecule has 5 rings (SSSR count). The summed E-state index contributed by atoms with van der Waals surface area (Å²) < 4.78 is 10.7. The van der Waals surface area contributed by atoms with Crippen molar-refractivity contribution in [2.24, 2.45) is 5.10 Å². The number of benzene rings is 3. The van der Waals surface area contributed by atoms with Crippen LogP contribution < -0.4 is 9.47 Å². The van der Waals surface area contributed by atoms with Gasteiger partial charge in [-0.05, 0) is 53.4 Å². The van der Waals surface area contributed by atoms with E-state index >= 15 is 0 Å². The third-order valence-electron chi connectivity index (χ3n) is 6.39. The third kappa shape index (κ3) is 4.72. The first-order valence-corrected chi connectivity index (χ1v) is 12.2. The number of fused-ring (bicyclic) bond motifs is 2. The van der Waals surface area contributed by atoms with Crippen LogP contribution in [0.2, 0.25) is 0 Å². The molecule has 2 aliphatic rings. The van der Waals surface area contributed by atoms with E-state index in [0.717, 1.165) is 49.7 Å². The number of methoxy groups -OCH3 is 2. The van der Waals surface area contributed by atoms with Crippen molar-refractivity contribution < 1.29 is 9.47 Å². The molecule has 1 fully saturated rings. The lowest BCUT2D eigenvalue weighted by atomic mass is 9.97. The Morgan fingerprint density at radius 3 is 2.36 bits per heavy atom. The zero-order chi connectivity index (χ0) is 22.6. The summed E-state index contributed by atoms with van der Waals surface area (Å²) in [4.78, 5) is 5.39. The van der Waals surface area contributed by atoms with Gasteiger partial charge in [0.15, 0.2) is 11.5 Å². The summed E-state index contributed by atoms with van der Waals surface area (Å²) in [5, 5.41) is 6.91. The van der Waals surface area contributed by atoms with Gasteiger partial charge >= 0.3 is 0 Å². The van der Waals surface area contributed by atoms with Crippen LogP contribution in [0.15, 0.2) is 81.6 Å². The van der Waals surface area contributed by atoms with Crippen LogP contribution in [-0.4, -0.2) is 56.5 Å². The standard InChI is InChI=1S/C27H29N3O2S/c1-31-24-12-11-20(17-25(24)32-2)19-28-30-15-13-29(14-16-30)23-18-21-7-3-5-9-26(21)33-27-10-6-4-8-22(23)27/h3-12,17,19,23H,13-16,18H2,1-2H3/t23-/m0/s1. The Balaban J connectivity index is 1.29. The van der Waals surface area contributed by atoms with E-state index in [0.29, 0.717) is 6.04 Å². The van der Waals surface area contributed by atoms with Gasteiger partial charge in [-0.2, -0.15) is 5.10 Å². The molecule has 2 heterocycles. The SMILES string of the molecule is COc1ccc(C=NN2CCN([C@H]3Cc4ccccc4Sc4ccccc43)CC2)cc1OC. The van der Waals surface area contributed by atoms with Crippen LogP contribution in [-0.2, 0) is 6.42 Å². The van der Waals surface area contributed by atoms with Crippen LogP contribution in [0.3, 0.4) is 0 Å². The zero-order valence-corrected chi connectivity index (χ0v) is 19.9. The molecule has 0 bridgehead atoms. The minimum Gasteiger partial charge on any atom is -0.493 e. The Hall–Kier alpha value is -2.96. The summed E-state index contributed by atoms with van der Waals surface area (Å²) in [6.45, 7) is 3.82. The van der Waals surface area contributed by atoms with Gasteiger partial charge in [0.1, 0.15) is 0 Å². The molecule has 5 nitrogen and oxygen atoms in total. The molecule has 0 saturated carbocycles.